The van der Waals surface area contributed by atoms with Gasteiger partial charge in [0, 0.05) is 11.8 Å². The number of aliphatic carboxylic acids is 1. The van der Waals surface area contributed by atoms with E-state index in [-0.39, 0.29) is 5.91 Å². The molecular formula is C17H16NO5-. The maximum absolute atomic E-state index is 12.1. The lowest BCUT2D eigenvalue weighted by atomic mass is 10.2. The fourth-order valence-electron chi connectivity index (χ4n) is 1.81. The third-order valence-electron chi connectivity index (χ3n) is 2.88. The zero-order valence-electron chi connectivity index (χ0n) is 12.5. The van der Waals surface area contributed by atoms with Gasteiger partial charge in [0.05, 0.1) is 5.97 Å². The lowest BCUT2D eigenvalue weighted by Crippen LogP contribution is -2.30. The zero-order chi connectivity index (χ0) is 16.7. The first kappa shape index (κ1) is 16.4. The number of ether oxygens (including phenoxy) is 2. The number of para-hydroxylation sites is 1. The van der Waals surface area contributed by atoms with Gasteiger partial charge in [0.2, 0.25) is 0 Å². The smallest absolute Gasteiger partial charge is 0.265 e. The van der Waals surface area contributed by atoms with E-state index in [1.54, 1.807) is 37.3 Å². The Morgan fingerprint density at radius 3 is 2.48 bits per heavy atom. The number of carboxylic acid groups (broad SMARTS) is 1. The second-order valence-corrected chi connectivity index (χ2v) is 4.75. The lowest BCUT2D eigenvalue weighted by molar-refractivity contribution is -0.307. The third kappa shape index (κ3) is 5.35. The van der Waals surface area contributed by atoms with Crippen molar-refractivity contribution in [2.24, 2.45) is 0 Å². The Bertz CT molecular complexity index is 672. The molecule has 0 fully saturated rings. The van der Waals surface area contributed by atoms with Gasteiger partial charge in [0.1, 0.15) is 18.1 Å². The standard InChI is InChI=1S/C17H17NO5/c1-12(23-14-7-3-2-4-8-14)17(21)18-13-6-5-9-15(10-13)22-11-16(19)20/h2-10,12H,11H2,1H3,(H,18,21)(H,19,20)/p-1/t12-/m0/s1. The molecule has 2 aromatic carbocycles. The third-order valence-corrected chi connectivity index (χ3v) is 2.88. The molecule has 0 heterocycles. The monoisotopic (exact) mass is 314 g/mol. The Labute approximate surface area is 133 Å². The van der Waals surface area contributed by atoms with Gasteiger partial charge >= 0.3 is 0 Å². The number of anilines is 1. The molecule has 1 amide bonds. The van der Waals surface area contributed by atoms with Crippen LogP contribution in [0.2, 0.25) is 0 Å². The number of hydrogen-bond acceptors (Lipinski definition) is 5. The van der Waals surface area contributed by atoms with Crippen molar-refractivity contribution in [2.45, 2.75) is 13.0 Å². The minimum Gasteiger partial charge on any atom is -0.546 e. The number of carboxylic acids is 1. The van der Waals surface area contributed by atoms with Crippen LogP contribution in [0.1, 0.15) is 6.92 Å². The van der Waals surface area contributed by atoms with Gasteiger partial charge in [0.15, 0.2) is 6.10 Å². The van der Waals surface area contributed by atoms with Crippen molar-refractivity contribution < 1.29 is 24.2 Å². The van der Waals surface area contributed by atoms with Crippen molar-refractivity contribution in [2.75, 3.05) is 11.9 Å². The molecule has 0 aliphatic heterocycles. The van der Waals surface area contributed by atoms with Crippen molar-refractivity contribution >= 4 is 17.6 Å². The molecule has 1 N–H and O–H groups in total. The summed E-state index contributed by atoms with van der Waals surface area (Å²) in [7, 11) is 0. The zero-order valence-corrected chi connectivity index (χ0v) is 12.5. The van der Waals surface area contributed by atoms with Crippen LogP contribution in [-0.4, -0.2) is 24.6 Å². The van der Waals surface area contributed by atoms with Crippen LogP contribution in [0.25, 0.3) is 0 Å². The van der Waals surface area contributed by atoms with E-state index in [9.17, 15) is 14.7 Å². The second kappa shape index (κ2) is 7.84. The number of benzene rings is 2. The van der Waals surface area contributed by atoms with Crippen LogP contribution in [0.5, 0.6) is 11.5 Å². The van der Waals surface area contributed by atoms with Crippen LogP contribution < -0.4 is 19.9 Å². The highest BCUT2D eigenvalue weighted by molar-refractivity contribution is 5.94. The highest BCUT2D eigenvalue weighted by Gasteiger charge is 2.15. The number of carbonyl (C=O) groups is 2. The van der Waals surface area contributed by atoms with Gasteiger partial charge in [-0.1, -0.05) is 24.3 Å². The van der Waals surface area contributed by atoms with Crippen molar-refractivity contribution in [1.82, 2.24) is 0 Å². The molecule has 23 heavy (non-hydrogen) atoms. The van der Waals surface area contributed by atoms with E-state index >= 15 is 0 Å². The molecule has 6 nitrogen and oxygen atoms in total. The fraction of sp³-hybridized carbons (Fsp3) is 0.176. The van der Waals surface area contributed by atoms with Crippen LogP contribution in [0.15, 0.2) is 54.6 Å². The van der Waals surface area contributed by atoms with Crippen LogP contribution in [0.3, 0.4) is 0 Å². The molecule has 0 saturated heterocycles. The summed E-state index contributed by atoms with van der Waals surface area (Å²) >= 11 is 0. The highest BCUT2D eigenvalue weighted by Crippen LogP contribution is 2.18. The van der Waals surface area contributed by atoms with Gasteiger partial charge in [-0.2, -0.15) is 0 Å². The van der Waals surface area contributed by atoms with E-state index in [2.05, 4.69) is 5.32 Å². The van der Waals surface area contributed by atoms with E-state index in [1.165, 1.54) is 6.07 Å². The number of amides is 1. The predicted molar refractivity (Wildman–Crippen MR) is 82.1 cm³/mol. The summed E-state index contributed by atoms with van der Waals surface area (Å²) in [6.45, 7) is 1.09. The fourth-order valence-corrected chi connectivity index (χ4v) is 1.81. The van der Waals surface area contributed by atoms with Crippen molar-refractivity contribution in [3.05, 3.63) is 54.6 Å². The second-order valence-electron chi connectivity index (χ2n) is 4.75. The van der Waals surface area contributed by atoms with Crippen LogP contribution >= 0.6 is 0 Å². The maximum atomic E-state index is 12.1. The molecule has 120 valence electrons. The Kier molecular flexibility index (Phi) is 5.57. The van der Waals surface area contributed by atoms with Crippen molar-refractivity contribution in [1.29, 1.82) is 0 Å². The van der Waals surface area contributed by atoms with E-state index in [4.69, 9.17) is 9.47 Å². The van der Waals surface area contributed by atoms with Gasteiger partial charge in [0.25, 0.3) is 5.91 Å². The number of nitrogens with one attached hydrogen (secondary N) is 1. The minimum atomic E-state index is -1.32. The van der Waals surface area contributed by atoms with Crippen LogP contribution in [0, 0.1) is 0 Å². The van der Waals surface area contributed by atoms with E-state index < -0.39 is 18.7 Å². The van der Waals surface area contributed by atoms with E-state index in [0.717, 1.165) is 0 Å². The molecule has 2 aromatic rings. The first-order chi connectivity index (χ1) is 11.0. The lowest BCUT2D eigenvalue weighted by Gasteiger charge is -2.15. The summed E-state index contributed by atoms with van der Waals surface area (Å²) in [5.74, 6) is -0.722. The molecule has 1 atom stereocenters. The molecule has 0 aliphatic rings. The van der Waals surface area contributed by atoms with Crippen molar-refractivity contribution in [3.8, 4) is 11.5 Å². The largest absolute Gasteiger partial charge is 0.546 e. The van der Waals surface area contributed by atoms with E-state index in [1.807, 2.05) is 18.2 Å². The van der Waals surface area contributed by atoms with Crippen molar-refractivity contribution in [3.63, 3.8) is 0 Å². The summed E-state index contributed by atoms with van der Waals surface area (Å²) in [5, 5.41) is 13.1. The molecule has 2 rings (SSSR count). The average Bonchev–Trinajstić information content (AvgIpc) is 2.54. The maximum Gasteiger partial charge on any atom is 0.265 e. The molecule has 0 bridgehead atoms. The molecule has 0 spiro atoms. The quantitative estimate of drug-likeness (QED) is 0.830. The summed E-state index contributed by atoms with van der Waals surface area (Å²) in [5.41, 5.74) is 0.481. The van der Waals surface area contributed by atoms with Gasteiger partial charge in [-0.15, -0.1) is 0 Å². The van der Waals surface area contributed by atoms with Crippen LogP contribution in [-0.2, 0) is 9.59 Å². The highest BCUT2D eigenvalue weighted by atomic mass is 16.5. The van der Waals surface area contributed by atoms with Gasteiger partial charge in [-0.25, -0.2) is 0 Å². The Morgan fingerprint density at radius 1 is 1.09 bits per heavy atom. The Morgan fingerprint density at radius 2 is 1.78 bits per heavy atom. The minimum absolute atomic E-state index is 0.323. The predicted octanol–water partition coefficient (Wildman–Crippen LogP) is 1.22. The average molecular weight is 314 g/mol. The molecule has 0 radical (unpaired) electrons. The van der Waals surface area contributed by atoms with Gasteiger partial charge < -0.3 is 24.7 Å². The molecule has 0 unspecified atom stereocenters. The van der Waals surface area contributed by atoms with Gasteiger partial charge in [-0.05, 0) is 31.2 Å². The van der Waals surface area contributed by atoms with E-state index in [0.29, 0.717) is 17.2 Å². The number of rotatable bonds is 7. The molecule has 0 aliphatic carbocycles. The molecule has 6 heteroatoms. The molecule has 0 saturated carbocycles. The summed E-state index contributed by atoms with van der Waals surface area (Å²) in [4.78, 5) is 22.5. The summed E-state index contributed by atoms with van der Waals surface area (Å²) < 4.78 is 10.5. The molecule has 0 aromatic heterocycles. The van der Waals surface area contributed by atoms with Crippen LogP contribution in [0.4, 0.5) is 5.69 Å². The SMILES string of the molecule is C[C@H](Oc1ccccc1)C(=O)Nc1cccc(OCC(=O)[O-])c1. The normalized spacial score (nSPS) is 11.3. The first-order valence-corrected chi connectivity index (χ1v) is 7.00. The Balaban J connectivity index is 1.94. The summed E-state index contributed by atoms with van der Waals surface area (Å²) in [6, 6.07) is 15.4. The number of carbonyl (C=O) groups excluding carboxylic acids is 2. The Hall–Kier alpha value is -3.02. The topological polar surface area (TPSA) is 87.7 Å². The summed E-state index contributed by atoms with van der Waals surface area (Å²) in [6.07, 6.45) is -0.690. The number of hydrogen-bond donors (Lipinski definition) is 1. The first-order valence-electron chi connectivity index (χ1n) is 7.00. The molecular weight excluding hydrogens is 298 g/mol. The van der Waals surface area contributed by atoms with Gasteiger partial charge in [-0.3, -0.25) is 4.79 Å².